The maximum absolute atomic E-state index is 12.8. The van der Waals surface area contributed by atoms with Crippen molar-refractivity contribution in [3.63, 3.8) is 0 Å². The molecule has 3 aliphatic rings. The number of nitrogens with zero attached hydrogens (tertiary/aromatic N) is 2. The van der Waals surface area contributed by atoms with Crippen LogP contribution in [-0.4, -0.2) is 61.6 Å². The zero-order valence-corrected chi connectivity index (χ0v) is 15.7. The van der Waals surface area contributed by atoms with Gasteiger partial charge in [0.1, 0.15) is 11.5 Å². The summed E-state index contributed by atoms with van der Waals surface area (Å²) in [4.78, 5) is 29.2. The molecule has 2 atom stereocenters. The topological polar surface area (TPSA) is 71.1 Å². The van der Waals surface area contributed by atoms with Gasteiger partial charge in [0.2, 0.25) is 5.91 Å². The molecule has 3 saturated heterocycles. The quantitative estimate of drug-likeness (QED) is 0.875. The highest BCUT2D eigenvalue weighted by Crippen LogP contribution is 2.32. The van der Waals surface area contributed by atoms with E-state index in [2.05, 4.69) is 12.2 Å². The van der Waals surface area contributed by atoms with Crippen LogP contribution in [-0.2, 0) is 4.79 Å². The van der Waals surface area contributed by atoms with Gasteiger partial charge in [-0.05, 0) is 31.4 Å². The minimum absolute atomic E-state index is 0.0937. The molecule has 0 unspecified atom stereocenters. The highest BCUT2D eigenvalue weighted by molar-refractivity contribution is 5.92. The maximum atomic E-state index is 12.8. The van der Waals surface area contributed by atoms with Crippen molar-refractivity contribution in [1.82, 2.24) is 9.80 Å². The molecule has 1 aromatic rings. The third-order valence-corrected chi connectivity index (χ3v) is 5.20. The molecule has 3 aliphatic heterocycles. The first-order valence-corrected chi connectivity index (χ1v) is 9.15. The van der Waals surface area contributed by atoms with Crippen LogP contribution in [0.15, 0.2) is 18.2 Å². The van der Waals surface area contributed by atoms with E-state index in [-0.39, 0.29) is 23.9 Å². The molecule has 1 aromatic carbocycles. The molecule has 3 heterocycles. The zero-order valence-electron chi connectivity index (χ0n) is 15.7. The molecule has 0 saturated carbocycles. The van der Waals surface area contributed by atoms with Crippen LogP contribution >= 0.6 is 0 Å². The summed E-state index contributed by atoms with van der Waals surface area (Å²) in [6.07, 6.45) is 2.76. The Balaban J connectivity index is 1.74. The zero-order chi connectivity index (χ0) is 18.7. The van der Waals surface area contributed by atoms with Gasteiger partial charge in [0.05, 0.1) is 25.8 Å². The van der Waals surface area contributed by atoms with E-state index in [1.165, 1.54) is 0 Å². The highest BCUT2D eigenvalue weighted by atomic mass is 16.5. The minimum atomic E-state index is -0.198. The summed E-state index contributed by atoms with van der Waals surface area (Å²) >= 11 is 0. The number of rotatable bonds is 5. The van der Waals surface area contributed by atoms with Gasteiger partial charge < -0.3 is 24.6 Å². The summed E-state index contributed by atoms with van der Waals surface area (Å²) in [5, 5.41) is 2.92. The summed E-state index contributed by atoms with van der Waals surface area (Å²) in [6.45, 7) is 3.89. The molecule has 0 aromatic heterocycles. The first-order valence-electron chi connectivity index (χ1n) is 9.15. The van der Waals surface area contributed by atoms with Gasteiger partial charge >= 0.3 is 6.03 Å². The fourth-order valence-electron chi connectivity index (χ4n) is 3.84. The summed E-state index contributed by atoms with van der Waals surface area (Å²) in [6, 6.07) is 5.18. The number of anilines is 1. The molecular weight excluding hydrogens is 334 g/mol. The Morgan fingerprint density at radius 2 is 2.04 bits per heavy atom. The van der Waals surface area contributed by atoms with Crippen LogP contribution < -0.4 is 14.8 Å². The second-order valence-electron chi connectivity index (χ2n) is 6.86. The first-order chi connectivity index (χ1) is 12.6. The SMILES string of the molecule is CCCN1C(=O)[C@H]2CC[C@@H]1CN(C(=O)Nc1ccc(OC)cc1OC)C2. The Morgan fingerprint density at radius 3 is 2.73 bits per heavy atom. The smallest absolute Gasteiger partial charge is 0.322 e. The van der Waals surface area contributed by atoms with Gasteiger partial charge in [-0.25, -0.2) is 4.79 Å². The van der Waals surface area contributed by atoms with Gasteiger partial charge in [-0.15, -0.1) is 0 Å². The van der Waals surface area contributed by atoms with Gasteiger partial charge in [-0.1, -0.05) is 6.92 Å². The Labute approximate surface area is 154 Å². The molecule has 0 aliphatic carbocycles. The maximum Gasteiger partial charge on any atom is 0.322 e. The number of amides is 3. The van der Waals surface area contributed by atoms with Crippen molar-refractivity contribution in [3.8, 4) is 11.5 Å². The molecule has 0 radical (unpaired) electrons. The van der Waals surface area contributed by atoms with Gasteiger partial charge in [0.15, 0.2) is 0 Å². The van der Waals surface area contributed by atoms with Gasteiger partial charge in [0, 0.05) is 31.7 Å². The van der Waals surface area contributed by atoms with Crippen molar-refractivity contribution in [1.29, 1.82) is 0 Å². The number of carbonyl (C=O) groups excluding carboxylic acids is 2. The third-order valence-electron chi connectivity index (χ3n) is 5.20. The number of hydrogen-bond acceptors (Lipinski definition) is 4. The van der Waals surface area contributed by atoms with Crippen molar-refractivity contribution >= 4 is 17.6 Å². The van der Waals surface area contributed by atoms with E-state index in [0.717, 1.165) is 25.8 Å². The number of carbonyl (C=O) groups is 2. The lowest BCUT2D eigenvalue weighted by Gasteiger charge is -2.35. The highest BCUT2D eigenvalue weighted by Gasteiger charge is 2.41. The summed E-state index contributed by atoms with van der Waals surface area (Å²) in [5.41, 5.74) is 0.589. The van der Waals surface area contributed by atoms with Crippen molar-refractivity contribution in [2.45, 2.75) is 32.2 Å². The average molecular weight is 361 g/mol. The second kappa shape index (κ2) is 7.85. The van der Waals surface area contributed by atoms with Gasteiger partial charge in [-0.3, -0.25) is 4.79 Å². The Hall–Kier alpha value is -2.44. The van der Waals surface area contributed by atoms with E-state index < -0.39 is 0 Å². The third kappa shape index (κ3) is 3.57. The molecule has 3 fully saturated rings. The predicted molar refractivity (Wildman–Crippen MR) is 98.7 cm³/mol. The molecule has 0 spiro atoms. The number of ether oxygens (including phenoxy) is 2. The number of urea groups is 1. The molecule has 7 nitrogen and oxygen atoms in total. The standard InChI is InChI=1S/C19H27N3O4/c1-4-9-22-14-6-5-13(18(22)23)11-21(12-14)19(24)20-16-8-7-15(25-2)10-17(16)26-3/h7-8,10,13-14H,4-6,9,11-12H2,1-3H3,(H,20,24)/t13-,14+/m0/s1. The van der Waals surface area contributed by atoms with E-state index in [9.17, 15) is 9.59 Å². The largest absolute Gasteiger partial charge is 0.497 e. The van der Waals surface area contributed by atoms with Crippen molar-refractivity contribution in [3.05, 3.63) is 18.2 Å². The van der Waals surface area contributed by atoms with Crippen LogP contribution in [0.4, 0.5) is 10.5 Å². The predicted octanol–water partition coefficient (Wildman–Crippen LogP) is 2.57. The number of nitrogens with one attached hydrogen (secondary N) is 1. The van der Waals surface area contributed by atoms with Crippen LogP contribution in [0.3, 0.4) is 0 Å². The van der Waals surface area contributed by atoms with Crippen LogP contribution in [0, 0.1) is 5.92 Å². The van der Waals surface area contributed by atoms with Crippen molar-refractivity contribution in [2.75, 3.05) is 39.2 Å². The molecule has 7 heteroatoms. The molecular formula is C19H27N3O4. The van der Waals surface area contributed by atoms with Crippen LogP contribution in [0.5, 0.6) is 11.5 Å². The lowest BCUT2D eigenvalue weighted by molar-refractivity contribution is -0.139. The fourth-order valence-corrected chi connectivity index (χ4v) is 3.84. The Kier molecular flexibility index (Phi) is 5.54. The molecule has 2 bridgehead atoms. The van der Waals surface area contributed by atoms with E-state index in [0.29, 0.717) is 30.3 Å². The van der Waals surface area contributed by atoms with Gasteiger partial charge in [-0.2, -0.15) is 0 Å². The number of piperidine rings is 1. The molecule has 26 heavy (non-hydrogen) atoms. The summed E-state index contributed by atoms with van der Waals surface area (Å²) in [7, 11) is 3.14. The average Bonchev–Trinajstić information content (AvgIpc) is 2.95. The molecule has 3 amide bonds. The van der Waals surface area contributed by atoms with E-state index in [1.807, 2.05) is 4.90 Å². The van der Waals surface area contributed by atoms with E-state index >= 15 is 0 Å². The Bertz CT molecular complexity index is 679. The monoisotopic (exact) mass is 361 g/mol. The lowest BCUT2D eigenvalue weighted by Crippen LogP contribution is -2.48. The van der Waals surface area contributed by atoms with Crippen LogP contribution in [0.2, 0.25) is 0 Å². The second-order valence-corrected chi connectivity index (χ2v) is 6.86. The minimum Gasteiger partial charge on any atom is -0.497 e. The van der Waals surface area contributed by atoms with Crippen LogP contribution in [0.1, 0.15) is 26.2 Å². The molecule has 1 N–H and O–H groups in total. The van der Waals surface area contributed by atoms with Crippen molar-refractivity contribution in [2.24, 2.45) is 5.92 Å². The summed E-state index contributed by atoms with van der Waals surface area (Å²) in [5.74, 6) is 1.30. The molecule has 4 rings (SSSR count). The lowest BCUT2D eigenvalue weighted by atomic mass is 9.94. The van der Waals surface area contributed by atoms with Gasteiger partial charge in [0.25, 0.3) is 0 Å². The van der Waals surface area contributed by atoms with E-state index in [4.69, 9.17) is 9.47 Å². The normalized spacial score (nSPS) is 22.2. The number of methoxy groups -OCH3 is 2. The van der Waals surface area contributed by atoms with E-state index in [1.54, 1.807) is 37.3 Å². The summed E-state index contributed by atoms with van der Waals surface area (Å²) < 4.78 is 10.5. The number of benzene rings is 1. The first kappa shape index (κ1) is 18.4. The van der Waals surface area contributed by atoms with Crippen molar-refractivity contribution < 1.29 is 19.1 Å². The fraction of sp³-hybridized carbons (Fsp3) is 0.579. The Morgan fingerprint density at radius 1 is 1.23 bits per heavy atom. The number of hydrogen-bond donors (Lipinski definition) is 1. The van der Waals surface area contributed by atoms with Crippen LogP contribution in [0.25, 0.3) is 0 Å². The number of fused-ring (bicyclic) bond motifs is 4. The molecule has 142 valence electrons.